The van der Waals surface area contributed by atoms with Gasteiger partial charge in [-0.1, -0.05) is 41.6 Å². The maximum absolute atomic E-state index is 14.7. The predicted molar refractivity (Wildman–Crippen MR) is 141 cm³/mol. The van der Waals surface area contributed by atoms with Crippen molar-refractivity contribution in [1.82, 2.24) is 24.9 Å². The van der Waals surface area contributed by atoms with E-state index in [0.717, 1.165) is 6.20 Å². The van der Waals surface area contributed by atoms with Crippen molar-refractivity contribution in [2.45, 2.75) is 11.4 Å². The van der Waals surface area contributed by atoms with Gasteiger partial charge in [-0.3, -0.25) is 9.48 Å². The lowest BCUT2D eigenvalue weighted by atomic mass is 10.2. The van der Waals surface area contributed by atoms with Gasteiger partial charge in [0.25, 0.3) is 0 Å². The van der Waals surface area contributed by atoms with Crippen LogP contribution in [0.25, 0.3) is 22.9 Å². The molecule has 3 heterocycles. The molecule has 13 heteroatoms. The molecule has 204 valence electrons. The van der Waals surface area contributed by atoms with Gasteiger partial charge in [-0.15, -0.1) is 0 Å². The molecular formula is C27H22F2N6O4S. The molecule has 0 fully saturated rings. The molecule has 5 aromatic rings. The maximum Gasteiger partial charge on any atom is 0.185 e. The standard InChI is InChI=1S/C27H22F2N6O4S/c1-34(16-19(36)17-40(37,38)20-8-3-2-4-9-20)27-22(29)14-30-26(31-27)24-13-25(23-11-12-39-33-23)35(32-24)15-18-7-5-6-10-21(18)28/h2-14H,15-17H2,1H3. The molecule has 0 saturated heterocycles. The largest absolute Gasteiger partial charge is 0.364 e. The Morgan fingerprint density at radius 2 is 1.75 bits per heavy atom. The third kappa shape index (κ3) is 5.78. The van der Waals surface area contributed by atoms with Gasteiger partial charge in [0.15, 0.2) is 33.1 Å². The van der Waals surface area contributed by atoms with Crippen LogP contribution in [0.5, 0.6) is 0 Å². The summed E-state index contributed by atoms with van der Waals surface area (Å²) in [5.74, 6) is -2.80. The molecular weight excluding hydrogens is 542 g/mol. The Labute approximate surface area is 227 Å². The fourth-order valence-corrected chi connectivity index (χ4v) is 5.30. The molecule has 0 amide bonds. The quantitative estimate of drug-likeness (QED) is 0.249. The molecule has 0 atom stereocenters. The summed E-state index contributed by atoms with van der Waals surface area (Å²) >= 11 is 0. The average Bonchev–Trinajstić information content (AvgIpc) is 3.61. The lowest BCUT2D eigenvalue weighted by Gasteiger charge is -2.18. The topological polar surface area (TPSA) is 124 Å². The monoisotopic (exact) mass is 564 g/mol. The smallest absolute Gasteiger partial charge is 0.185 e. The van der Waals surface area contributed by atoms with Crippen molar-refractivity contribution < 1.29 is 26.5 Å². The SMILES string of the molecule is CN(CC(=O)CS(=O)(=O)c1ccccc1)c1nc(-c2cc(-c3ccon3)n(Cc3ccccc3F)n2)ncc1F. The molecule has 0 spiro atoms. The van der Waals surface area contributed by atoms with Crippen molar-refractivity contribution in [3.8, 4) is 22.9 Å². The third-order valence-corrected chi connectivity index (χ3v) is 7.63. The molecule has 0 aliphatic heterocycles. The summed E-state index contributed by atoms with van der Waals surface area (Å²) in [6.45, 7) is -0.349. The van der Waals surface area contributed by atoms with Crippen LogP contribution in [0.15, 0.2) is 88.6 Å². The summed E-state index contributed by atoms with van der Waals surface area (Å²) in [5, 5.41) is 8.44. The van der Waals surface area contributed by atoms with Crippen LogP contribution in [-0.4, -0.2) is 58.5 Å². The van der Waals surface area contributed by atoms with Crippen LogP contribution >= 0.6 is 0 Å². The third-order valence-electron chi connectivity index (χ3n) is 5.94. The van der Waals surface area contributed by atoms with Gasteiger partial charge in [0, 0.05) is 18.7 Å². The highest BCUT2D eigenvalue weighted by Crippen LogP contribution is 2.26. The second-order valence-corrected chi connectivity index (χ2v) is 10.9. The number of nitrogens with zero attached hydrogens (tertiary/aromatic N) is 6. The van der Waals surface area contributed by atoms with Gasteiger partial charge in [-0.25, -0.2) is 27.2 Å². The van der Waals surface area contributed by atoms with Gasteiger partial charge < -0.3 is 9.42 Å². The van der Waals surface area contributed by atoms with Crippen molar-refractivity contribution in [3.05, 3.63) is 96.4 Å². The molecule has 0 aliphatic rings. The van der Waals surface area contributed by atoms with Gasteiger partial charge in [0.1, 0.15) is 29.2 Å². The van der Waals surface area contributed by atoms with E-state index in [9.17, 15) is 22.0 Å². The summed E-state index contributed by atoms with van der Waals surface area (Å²) in [7, 11) is -2.44. The molecule has 0 N–H and O–H groups in total. The average molecular weight is 565 g/mol. The number of sulfone groups is 1. The lowest BCUT2D eigenvalue weighted by molar-refractivity contribution is -0.115. The predicted octanol–water partition coefficient (Wildman–Crippen LogP) is 3.80. The number of rotatable bonds is 10. The van der Waals surface area contributed by atoms with Crippen LogP contribution in [0.2, 0.25) is 0 Å². The molecule has 10 nitrogen and oxygen atoms in total. The number of carbonyl (C=O) groups is 1. The number of anilines is 1. The number of aromatic nitrogens is 5. The minimum Gasteiger partial charge on any atom is -0.364 e. The van der Waals surface area contributed by atoms with E-state index in [1.54, 1.807) is 48.5 Å². The number of benzene rings is 2. The summed E-state index contributed by atoms with van der Waals surface area (Å²) in [6.07, 6.45) is 2.32. The molecule has 3 aromatic heterocycles. The minimum absolute atomic E-state index is 0.0235. The molecule has 0 unspecified atom stereocenters. The molecule has 2 aromatic carbocycles. The number of Topliss-reactive ketones (excluding diaryl/α,β-unsaturated/α-hetero) is 1. The lowest BCUT2D eigenvalue weighted by Crippen LogP contribution is -2.31. The second kappa shape index (κ2) is 11.1. The van der Waals surface area contributed by atoms with E-state index in [-0.39, 0.29) is 28.8 Å². The van der Waals surface area contributed by atoms with Crippen molar-refractivity contribution >= 4 is 21.4 Å². The summed E-state index contributed by atoms with van der Waals surface area (Å²) < 4.78 is 60.7. The number of hydrogen-bond acceptors (Lipinski definition) is 9. The van der Waals surface area contributed by atoms with Crippen LogP contribution in [0.1, 0.15) is 5.56 Å². The van der Waals surface area contributed by atoms with Crippen LogP contribution in [0.3, 0.4) is 0 Å². The van der Waals surface area contributed by atoms with Crippen LogP contribution in [-0.2, 0) is 21.2 Å². The number of carbonyl (C=O) groups excluding carboxylic acids is 1. The van der Waals surface area contributed by atoms with E-state index in [4.69, 9.17) is 4.52 Å². The van der Waals surface area contributed by atoms with Crippen molar-refractivity contribution in [1.29, 1.82) is 0 Å². The van der Waals surface area contributed by atoms with Crippen molar-refractivity contribution in [3.63, 3.8) is 0 Å². The van der Waals surface area contributed by atoms with Crippen LogP contribution in [0, 0.1) is 11.6 Å². The molecule has 40 heavy (non-hydrogen) atoms. The Morgan fingerprint density at radius 3 is 2.48 bits per heavy atom. The maximum atomic E-state index is 14.7. The summed E-state index contributed by atoms with van der Waals surface area (Å²) in [6, 6.07) is 17.1. The van der Waals surface area contributed by atoms with E-state index in [2.05, 4.69) is 20.2 Å². The van der Waals surface area contributed by atoms with E-state index in [1.165, 1.54) is 41.1 Å². The molecule has 0 radical (unpaired) electrons. The fourth-order valence-electron chi connectivity index (χ4n) is 4.04. The molecule has 0 bridgehead atoms. The first-order chi connectivity index (χ1) is 19.2. The summed E-state index contributed by atoms with van der Waals surface area (Å²) in [5.41, 5.74) is 1.53. The minimum atomic E-state index is -3.86. The van der Waals surface area contributed by atoms with Crippen LogP contribution in [0.4, 0.5) is 14.6 Å². The first-order valence-electron chi connectivity index (χ1n) is 12.0. The fraction of sp³-hybridized carbons (Fsp3) is 0.148. The van der Waals surface area contributed by atoms with Gasteiger partial charge in [-0.2, -0.15) is 5.10 Å². The Bertz CT molecular complexity index is 1760. The normalized spacial score (nSPS) is 11.5. The zero-order valence-corrected chi connectivity index (χ0v) is 21.9. The Morgan fingerprint density at radius 1 is 1.00 bits per heavy atom. The zero-order valence-electron chi connectivity index (χ0n) is 21.1. The first-order valence-corrected chi connectivity index (χ1v) is 13.6. The van der Waals surface area contributed by atoms with E-state index < -0.39 is 39.6 Å². The highest BCUT2D eigenvalue weighted by Gasteiger charge is 2.23. The Hall–Kier alpha value is -4.78. The highest BCUT2D eigenvalue weighted by molar-refractivity contribution is 7.92. The van der Waals surface area contributed by atoms with E-state index >= 15 is 0 Å². The van der Waals surface area contributed by atoms with Crippen molar-refractivity contribution in [2.75, 3.05) is 24.2 Å². The van der Waals surface area contributed by atoms with Gasteiger partial charge in [0.05, 0.1) is 29.9 Å². The highest BCUT2D eigenvalue weighted by atomic mass is 32.2. The first kappa shape index (κ1) is 26.8. The Kier molecular flexibility index (Phi) is 7.47. The second-order valence-electron chi connectivity index (χ2n) is 8.88. The van der Waals surface area contributed by atoms with Crippen LogP contribution < -0.4 is 4.90 Å². The molecule has 0 saturated carbocycles. The van der Waals surface area contributed by atoms with Gasteiger partial charge in [0.2, 0.25) is 0 Å². The number of halogens is 2. The van der Waals surface area contributed by atoms with E-state index in [0.29, 0.717) is 17.0 Å². The molecule has 0 aliphatic carbocycles. The summed E-state index contributed by atoms with van der Waals surface area (Å²) in [4.78, 5) is 22.1. The number of hydrogen-bond donors (Lipinski definition) is 0. The zero-order chi connectivity index (χ0) is 28.3. The van der Waals surface area contributed by atoms with Crippen molar-refractivity contribution in [2.24, 2.45) is 0 Å². The van der Waals surface area contributed by atoms with E-state index in [1.807, 2.05) is 0 Å². The Balaban J connectivity index is 1.41. The number of ketones is 1. The number of likely N-dealkylation sites (N-methyl/N-ethyl adjacent to an activating group) is 1. The van der Waals surface area contributed by atoms with Gasteiger partial charge in [-0.05, 0) is 24.3 Å². The molecule has 5 rings (SSSR count). The van der Waals surface area contributed by atoms with Gasteiger partial charge >= 0.3 is 0 Å².